The molecular formula is C27H29N3O3. The average Bonchev–Trinajstić information content (AvgIpc) is 2.85. The molecule has 1 aliphatic rings. The molecule has 6 nitrogen and oxygen atoms in total. The van der Waals surface area contributed by atoms with Crippen molar-refractivity contribution in [1.29, 1.82) is 0 Å². The third kappa shape index (κ3) is 6.20. The second-order valence-electron chi connectivity index (χ2n) is 8.39. The number of para-hydroxylation sites is 2. The maximum Gasteiger partial charge on any atom is 0.255 e. The topological polar surface area (TPSA) is 84.7 Å². The van der Waals surface area contributed by atoms with Crippen LogP contribution in [0.5, 0.6) is 5.75 Å². The summed E-state index contributed by atoms with van der Waals surface area (Å²) in [6, 6.07) is 24.9. The van der Waals surface area contributed by atoms with E-state index in [2.05, 4.69) is 10.2 Å². The molecule has 1 fully saturated rings. The number of nitrogens with one attached hydrogen (secondary N) is 1. The van der Waals surface area contributed by atoms with Crippen LogP contribution in [0.1, 0.15) is 34.3 Å². The van der Waals surface area contributed by atoms with E-state index < -0.39 is 0 Å². The Morgan fingerprint density at radius 1 is 0.970 bits per heavy atom. The van der Waals surface area contributed by atoms with Crippen molar-refractivity contribution in [3.8, 4) is 5.75 Å². The highest BCUT2D eigenvalue weighted by Gasteiger charge is 2.24. The largest absolute Gasteiger partial charge is 0.489 e. The highest BCUT2D eigenvalue weighted by Crippen LogP contribution is 2.23. The number of ether oxygens (including phenoxy) is 1. The molecule has 1 heterocycles. The van der Waals surface area contributed by atoms with Crippen molar-refractivity contribution in [2.75, 3.05) is 18.4 Å². The predicted molar refractivity (Wildman–Crippen MR) is 129 cm³/mol. The first-order valence-electron chi connectivity index (χ1n) is 11.3. The van der Waals surface area contributed by atoms with Gasteiger partial charge in [0.15, 0.2) is 0 Å². The van der Waals surface area contributed by atoms with Crippen LogP contribution in [0.2, 0.25) is 0 Å². The standard InChI is InChI=1S/C27H29N3O3/c28-26(31)23-8-6-16-30(18-23)17-22-7-4-5-11-25(22)29-27(32)21-14-12-20(13-15-21)19-33-24-9-2-1-3-10-24/h1-5,7,9-15,23H,6,8,16-19H2,(H2,28,31)(H,29,32). The third-order valence-corrected chi connectivity index (χ3v) is 5.93. The van der Waals surface area contributed by atoms with E-state index in [-0.39, 0.29) is 17.7 Å². The Morgan fingerprint density at radius 3 is 2.45 bits per heavy atom. The van der Waals surface area contributed by atoms with Crippen LogP contribution in [0.4, 0.5) is 5.69 Å². The van der Waals surface area contributed by atoms with Gasteiger partial charge < -0.3 is 15.8 Å². The molecule has 0 bridgehead atoms. The molecule has 1 unspecified atom stereocenters. The summed E-state index contributed by atoms with van der Waals surface area (Å²) in [5, 5.41) is 3.04. The van der Waals surface area contributed by atoms with Gasteiger partial charge in [-0.25, -0.2) is 0 Å². The van der Waals surface area contributed by atoms with Crippen LogP contribution in [-0.4, -0.2) is 29.8 Å². The molecule has 170 valence electrons. The molecule has 0 aliphatic carbocycles. The Labute approximate surface area is 194 Å². The fourth-order valence-corrected chi connectivity index (χ4v) is 4.08. The Morgan fingerprint density at radius 2 is 1.70 bits per heavy atom. The number of amides is 2. The van der Waals surface area contributed by atoms with E-state index in [1.165, 1.54) is 0 Å². The highest BCUT2D eigenvalue weighted by atomic mass is 16.5. The minimum absolute atomic E-state index is 0.107. The Balaban J connectivity index is 1.37. The fourth-order valence-electron chi connectivity index (χ4n) is 4.08. The predicted octanol–water partition coefficient (Wildman–Crippen LogP) is 4.22. The molecular weight excluding hydrogens is 414 g/mol. The molecule has 0 saturated carbocycles. The van der Waals surface area contributed by atoms with Gasteiger partial charge in [0, 0.05) is 24.3 Å². The Hall–Kier alpha value is -3.64. The van der Waals surface area contributed by atoms with E-state index in [9.17, 15) is 9.59 Å². The van der Waals surface area contributed by atoms with Gasteiger partial charge in [-0.05, 0) is 60.8 Å². The van der Waals surface area contributed by atoms with E-state index in [0.717, 1.165) is 42.0 Å². The first-order chi connectivity index (χ1) is 16.1. The van der Waals surface area contributed by atoms with Crippen LogP contribution in [0.3, 0.4) is 0 Å². The normalized spacial score (nSPS) is 16.2. The monoisotopic (exact) mass is 443 g/mol. The Kier molecular flexibility index (Phi) is 7.37. The maximum atomic E-state index is 12.9. The van der Waals surface area contributed by atoms with Gasteiger partial charge in [0.2, 0.25) is 5.91 Å². The van der Waals surface area contributed by atoms with Crippen LogP contribution in [-0.2, 0) is 17.9 Å². The first-order valence-corrected chi connectivity index (χ1v) is 11.3. The zero-order chi connectivity index (χ0) is 23.0. The number of carbonyl (C=O) groups excluding carboxylic acids is 2. The quantitative estimate of drug-likeness (QED) is 0.546. The molecule has 0 spiro atoms. The number of likely N-dealkylation sites (tertiary alicyclic amines) is 1. The van der Waals surface area contributed by atoms with Crippen LogP contribution >= 0.6 is 0 Å². The molecule has 6 heteroatoms. The molecule has 33 heavy (non-hydrogen) atoms. The highest BCUT2D eigenvalue weighted by molar-refractivity contribution is 6.04. The van der Waals surface area contributed by atoms with E-state index in [4.69, 9.17) is 10.5 Å². The summed E-state index contributed by atoms with van der Waals surface area (Å²) in [5.74, 6) is 0.308. The van der Waals surface area contributed by atoms with Gasteiger partial charge >= 0.3 is 0 Å². The van der Waals surface area contributed by atoms with Crippen LogP contribution in [0.25, 0.3) is 0 Å². The zero-order valence-electron chi connectivity index (χ0n) is 18.6. The molecule has 3 aromatic rings. The van der Waals surface area contributed by atoms with Gasteiger partial charge in [-0.2, -0.15) is 0 Å². The lowest BCUT2D eigenvalue weighted by Gasteiger charge is -2.31. The molecule has 1 atom stereocenters. The maximum absolute atomic E-state index is 12.9. The second kappa shape index (κ2) is 10.8. The zero-order valence-corrected chi connectivity index (χ0v) is 18.6. The molecule has 3 aromatic carbocycles. The molecule has 3 N–H and O–H groups in total. The average molecular weight is 444 g/mol. The van der Waals surface area contributed by atoms with Crippen molar-refractivity contribution >= 4 is 17.5 Å². The van der Waals surface area contributed by atoms with Crippen molar-refractivity contribution in [2.45, 2.75) is 26.0 Å². The van der Waals surface area contributed by atoms with Crippen molar-refractivity contribution in [3.63, 3.8) is 0 Å². The van der Waals surface area contributed by atoms with Crippen molar-refractivity contribution in [1.82, 2.24) is 4.90 Å². The summed E-state index contributed by atoms with van der Waals surface area (Å²) in [4.78, 5) is 26.7. The molecule has 4 rings (SSSR count). The summed E-state index contributed by atoms with van der Waals surface area (Å²) in [7, 11) is 0. The summed E-state index contributed by atoms with van der Waals surface area (Å²) in [6.45, 7) is 2.68. The van der Waals surface area contributed by atoms with E-state index in [1.54, 1.807) is 0 Å². The molecule has 2 amide bonds. The Bertz CT molecular complexity index is 1080. The van der Waals surface area contributed by atoms with Gasteiger partial charge in [0.1, 0.15) is 12.4 Å². The van der Waals surface area contributed by atoms with Gasteiger partial charge in [-0.1, -0.05) is 48.5 Å². The summed E-state index contributed by atoms with van der Waals surface area (Å²) >= 11 is 0. The summed E-state index contributed by atoms with van der Waals surface area (Å²) < 4.78 is 5.76. The van der Waals surface area contributed by atoms with E-state index >= 15 is 0 Å². The molecule has 0 aromatic heterocycles. The van der Waals surface area contributed by atoms with Gasteiger partial charge in [-0.3, -0.25) is 14.5 Å². The lowest BCUT2D eigenvalue weighted by molar-refractivity contribution is -0.123. The minimum atomic E-state index is -0.237. The number of hydrogen-bond donors (Lipinski definition) is 2. The van der Waals surface area contributed by atoms with Crippen molar-refractivity contribution in [3.05, 3.63) is 95.6 Å². The number of primary amides is 1. The molecule has 1 saturated heterocycles. The van der Waals surface area contributed by atoms with Gasteiger partial charge in [-0.15, -0.1) is 0 Å². The fraction of sp³-hybridized carbons (Fsp3) is 0.259. The van der Waals surface area contributed by atoms with Crippen molar-refractivity contribution in [2.24, 2.45) is 11.7 Å². The number of nitrogens with zero attached hydrogens (tertiary/aromatic N) is 1. The number of nitrogens with two attached hydrogens (primary N) is 1. The van der Waals surface area contributed by atoms with E-state index in [1.807, 2.05) is 78.9 Å². The van der Waals surface area contributed by atoms with Crippen LogP contribution in [0, 0.1) is 5.92 Å². The first kappa shape index (κ1) is 22.6. The van der Waals surface area contributed by atoms with E-state index in [0.29, 0.717) is 25.3 Å². The van der Waals surface area contributed by atoms with Crippen molar-refractivity contribution < 1.29 is 14.3 Å². The number of carbonyl (C=O) groups is 2. The number of hydrogen-bond acceptors (Lipinski definition) is 4. The van der Waals surface area contributed by atoms with Crippen LogP contribution < -0.4 is 15.8 Å². The number of rotatable bonds is 8. The second-order valence-corrected chi connectivity index (χ2v) is 8.39. The minimum Gasteiger partial charge on any atom is -0.489 e. The summed E-state index contributed by atoms with van der Waals surface area (Å²) in [6.07, 6.45) is 1.79. The van der Waals surface area contributed by atoms with Gasteiger partial charge in [0.25, 0.3) is 5.91 Å². The third-order valence-electron chi connectivity index (χ3n) is 5.93. The number of benzene rings is 3. The molecule has 0 radical (unpaired) electrons. The summed E-state index contributed by atoms with van der Waals surface area (Å²) in [5.41, 5.74) is 8.88. The van der Waals surface area contributed by atoms with Crippen LogP contribution in [0.15, 0.2) is 78.9 Å². The number of anilines is 1. The molecule has 1 aliphatic heterocycles. The SMILES string of the molecule is NC(=O)C1CCCN(Cc2ccccc2NC(=O)c2ccc(COc3ccccc3)cc2)C1. The van der Waals surface area contributed by atoms with Gasteiger partial charge in [0.05, 0.1) is 5.92 Å². The lowest BCUT2D eigenvalue weighted by atomic mass is 9.97. The number of piperidine rings is 1. The smallest absolute Gasteiger partial charge is 0.255 e. The lowest BCUT2D eigenvalue weighted by Crippen LogP contribution is -2.40.